The van der Waals surface area contributed by atoms with E-state index in [2.05, 4.69) is 12.2 Å². The first-order valence-electron chi connectivity index (χ1n) is 6.30. The zero-order chi connectivity index (χ0) is 12.8. The fraction of sp³-hybridized carbons (Fsp3) is 0.917. The highest BCUT2D eigenvalue weighted by molar-refractivity contribution is 7.84. The summed E-state index contributed by atoms with van der Waals surface area (Å²) < 4.78 is 11.0. The smallest absolute Gasteiger partial charge is 0.219 e. The van der Waals surface area contributed by atoms with Crippen LogP contribution < -0.4 is 5.32 Å². The third-order valence-corrected chi connectivity index (χ3v) is 4.11. The Morgan fingerprint density at radius 2 is 2.06 bits per heavy atom. The van der Waals surface area contributed by atoms with Gasteiger partial charge in [-0.2, -0.15) is 0 Å². The van der Waals surface area contributed by atoms with E-state index in [0.29, 0.717) is 12.1 Å². The molecule has 0 radical (unpaired) electrons. The highest BCUT2D eigenvalue weighted by Gasteiger charge is 2.21. The summed E-state index contributed by atoms with van der Waals surface area (Å²) in [5, 5.41) is 3.56. The molecule has 4 nitrogen and oxygen atoms in total. The van der Waals surface area contributed by atoms with Gasteiger partial charge in [0.1, 0.15) is 0 Å². The lowest BCUT2D eigenvalue weighted by molar-refractivity contribution is -0.129. The number of likely N-dealkylation sites (tertiary alicyclic amines) is 1. The van der Waals surface area contributed by atoms with Gasteiger partial charge in [0.25, 0.3) is 0 Å². The number of carbonyl (C=O) groups excluding carboxylic acids is 1. The van der Waals surface area contributed by atoms with Gasteiger partial charge in [0.05, 0.1) is 0 Å². The molecular weight excluding hydrogens is 236 g/mol. The number of rotatable bonds is 5. The van der Waals surface area contributed by atoms with Crippen LogP contribution in [0.3, 0.4) is 0 Å². The van der Waals surface area contributed by atoms with Crippen molar-refractivity contribution in [3.63, 3.8) is 0 Å². The van der Waals surface area contributed by atoms with Gasteiger partial charge in [0, 0.05) is 54.9 Å². The minimum atomic E-state index is -0.697. The Labute approximate surface area is 107 Å². The van der Waals surface area contributed by atoms with Gasteiger partial charge in [-0.1, -0.05) is 0 Å². The van der Waals surface area contributed by atoms with Gasteiger partial charge < -0.3 is 10.2 Å². The van der Waals surface area contributed by atoms with Gasteiger partial charge in [-0.25, -0.2) is 0 Å². The number of carbonyl (C=O) groups is 1. The zero-order valence-electron chi connectivity index (χ0n) is 11.1. The second-order valence-electron chi connectivity index (χ2n) is 4.91. The molecule has 2 unspecified atom stereocenters. The fourth-order valence-corrected chi connectivity index (χ4v) is 2.87. The summed E-state index contributed by atoms with van der Waals surface area (Å²) in [6.07, 6.45) is 4.76. The molecule has 1 N–H and O–H groups in total. The Morgan fingerprint density at radius 1 is 1.47 bits per heavy atom. The van der Waals surface area contributed by atoms with E-state index >= 15 is 0 Å². The van der Waals surface area contributed by atoms with Crippen LogP contribution in [0.25, 0.3) is 0 Å². The summed E-state index contributed by atoms with van der Waals surface area (Å²) in [4.78, 5) is 13.1. The summed E-state index contributed by atoms with van der Waals surface area (Å²) in [5.74, 6) is 0.943. The number of piperidine rings is 1. The summed E-state index contributed by atoms with van der Waals surface area (Å²) in [7, 11) is -0.697. The SMILES string of the molecule is CC(=O)N1CCC(NC(C)CCS(C)=O)CC1. The molecule has 1 heterocycles. The molecule has 0 spiro atoms. The maximum atomic E-state index is 11.2. The third kappa shape index (κ3) is 5.64. The molecule has 1 aliphatic heterocycles. The molecule has 1 saturated heterocycles. The van der Waals surface area contributed by atoms with Crippen LogP contribution in [0, 0.1) is 0 Å². The predicted molar refractivity (Wildman–Crippen MR) is 71.4 cm³/mol. The first-order valence-corrected chi connectivity index (χ1v) is 8.03. The Kier molecular flexibility index (Phi) is 6.12. The standard InChI is InChI=1S/C12H24N2O2S/c1-10(6-9-17(3)16)13-12-4-7-14(8-5-12)11(2)15/h10,12-13H,4-9H2,1-3H3. The lowest BCUT2D eigenvalue weighted by Crippen LogP contribution is -2.46. The van der Waals surface area contributed by atoms with Crippen molar-refractivity contribution in [2.75, 3.05) is 25.1 Å². The van der Waals surface area contributed by atoms with Crippen LogP contribution in [0.5, 0.6) is 0 Å². The molecule has 100 valence electrons. The molecule has 17 heavy (non-hydrogen) atoms. The van der Waals surface area contributed by atoms with E-state index in [-0.39, 0.29) is 5.91 Å². The number of amides is 1. The largest absolute Gasteiger partial charge is 0.343 e. The van der Waals surface area contributed by atoms with Crippen molar-refractivity contribution >= 4 is 16.7 Å². The lowest BCUT2D eigenvalue weighted by Gasteiger charge is -2.33. The third-order valence-electron chi connectivity index (χ3n) is 3.30. The first-order chi connectivity index (χ1) is 7.99. The molecule has 5 heteroatoms. The van der Waals surface area contributed by atoms with Gasteiger partial charge in [-0.15, -0.1) is 0 Å². The van der Waals surface area contributed by atoms with Crippen LogP contribution >= 0.6 is 0 Å². The Morgan fingerprint density at radius 3 is 2.53 bits per heavy atom. The molecule has 1 rings (SSSR count). The average Bonchev–Trinajstić information content (AvgIpc) is 2.27. The number of hydrogen-bond donors (Lipinski definition) is 1. The normalized spacial score (nSPS) is 21.2. The van der Waals surface area contributed by atoms with Crippen LogP contribution in [-0.4, -0.2) is 52.2 Å². The van der Waals surface area contributed by atoms with Crippen molar-refractivity contribution in [3.05, 3.63) is 0 Å². The molecule has 0 aliphatic carbocycles. The van der Waals surface area contributed by atoms with Gasteiger partial charge in [0.15, 0.2) is 0 Å². The molecule has 0 aromatic heterocycles. The van der Waals surface area contributed by atoms with Crippen molar-refractivity contribution in [3.8, 4) is 0 Å². The Balaban J connectivity index is 2.21. The molecule has 2 atom stereocenters. The van der Waals surface area contributed by atoms with Crippen LogP contribution in [0.4, 0.5) is 0 Å². The highest BCUT2D eigenvalue weighted by atomic mass is 32.2. The van der Waals surface area contributed by atoms with E-state index in [0.717, 1.165) is 38.1 Å². The van der Waals surface area contributed by atoms with E-state index in [9.17, 15) is 9.00 Å². The van der Waals surface area contributed by atoms with Crippen molar-refractivity contribution < 1.29 is 9.00 Å². The summed E-state index contributed by atoms with van der Waals surface area (Å²) in [6, 6.07) is 0.915. The topological polar surface area (TPSA) is 49.4 Å². The Bertz CT molecular complexity index is 276. The van der Waals surface area contributed by atoms with Crippen LogP contribution in [0.2, 0.25) is 0 Å². The predicted octanol–water partition coefficient (Wildman–Crippen LogP) is 0.744. The molecule has 0 bridgehead atoms. The minimum absolute atomic E-state index is 0.179. The fourth-order valence-electron chi connectivity index (χ4n) is 2.19. The second-order valence-corrected chi connectivity index (χ2v) is 6.47. The second kappa shape index (κ2) is 7.11. The summed E-state index contributed by atoms with van der Waals surface area (Å²) in [5.41, 5.74) is 0. The van der Waals surface area contributed by atoms with Gasteiger partial charge in [-0.05, 0) is 26.2 Å². The molecule has 0 saturated carbocycles. The molecule has 1 aliphatic rings. The van der Waals surface area contributed by atoms with Crippen LogP contribution in [0.15, 0.2) is 0 Å². The van der Waals surface area contributed by atoms with Crippen LogP contribution in [0.1, 0.15) is 33.1 Å². The van der Waals surface area contributed by atoms with Gasteiger partial charge in [-0.3, -0.25) is 9.00 Å². The van der Waals surface area contributed by atoms with E-state index < -0.39 is 10.8 Å². The monoisotopic (exact) mass is 260 g/mol. The number of nitrogens with zero attached hydrogens (tertiary/aromatic N) is 1. The van der Waals surface area contributed by atoms with E-state index in [1.54, 1.807) is 13.2 Å². The average molecular weight is 260 g/mol. The van der Waals surface area contributed by atoms with Crippen LogP contribution in [-0.2, 0) is 15.6 Å². The van der Waals surface area contributed by atoms with E-state index in [1.807, 2.05) is 4.90 Å². The van der Waals surface area contributed by atoms with E-state index in [4.69, 9.17) is 0 Å². The van der Waals surface area contributed by atoms with Crippen molar-refractivity contribution in [2.24, 2.45) is 0 Å². The van der Waals surface area contributed by atoms with Crippen molar-refractivity contribution in [1.82, 2.24) is 10.2 Å². The number of nitrogens with one attached hydrogen (secondary N) is 1. The summed E-state index contributed by atoms with van der Waals surface area (Å²) >= 11 is 0. The molecular formula is C12H24N2O2S. The van der Waals surface area contributed by atoms with Crippen molar-refractivity contribution in [2.45, 2.75) is 45.2 Å². The molecule has 1 amide bonds. The minimum Gasteiger partial charge on any atom is -0.343 e. The van der Waals surface area contributed by atoms with Gasteiger partial charge in [0.2, 0.25) is 5.91 Å². The van der Waals surface area contributed by atoms with E-state index in [1.165, 1.54) is 0 Å². The lowest BCUT2D eigenvalue weighted by atomic mass is 10.0. The van der Waals surface area contributed by atoms with Gasteiger partial charge >= 0.3 is 0 Å². The molecule has 0 aromatic carbocycles. The number of hydrogen-bond acceptors (Lipinski definition) is 3. The maximum absolute atomic E-state index is 11.2. The summed E-state index contributed by atoms with van der Waals surface area (Å²) in [6.45, 7) is 5.50. The quantitative estimate of drug-likeness (QED) is 0.793. The molecule has 0 aromatic rings. The maximum Gasteiger partial charge on any atom is 0.219 e. The highest BCUT2D eigenvalue weighted by Crippen LogP contribution is 2.11. The molecule has 1 fully saturated rings. The first kappa shape index (κ1) is 14.6. The van der Waals surface area contributed by atoms with Crippen molar-refractivity contribution in [1.29, 1.82) is 0 Å². The Hall–Kier alpha value is -0.420. The zero-order valence-corrected chi connectivity index (χ0v) is 11.9.